The maximum atomic E-state index is 11.7. The number of amides is 2. The first-order valence-electron chi connectivity index (χ1n) is 4.10. The van der Waals surface area contributed by atoms with E-state index in [-0.39, 0.29) is 5.82 Å². The Labute approximate surface area is 97.4 Å². The van der Waals surface area contributed by atoms with Crippen LogP contribution in [0.5, 0.6) is 0 Å². The van der Waals surface area contributed by atoms with E-state index in [0.717, 1.165) is 0 Å². The average molecular weight is 298 g/mol. The highest BCUT2D eigenvalue weighted by Crippen LogP contribution is 2.13. The minimum Gasteiger partial charge on any atom is -0.329 e. The molecule has 0 radical (unpaired) electrons. The largest absolute Gasteiger partial charge is 0.405 e. The molecule has 0 bridgehead atoms. The number of halogens is 4. The summed E-state index contributed by atoms with van der Waals surface area (Å²) < 4.78 is 35.9. The van der Waals surface area contributed by atoms with Gasteiger partial charge in [0.15, 0.2) is 0 Å². The molecule has 1 aromatic rings. The highest BCUT2D eigenvalue weighted by molar-refractivity contribution is 9.10. The molecule has 2 amide bonds. The zero-order chi connectivity index (χ0) is 12.2. The molecule has 2 N–H and O–H groups in total. The lowest BCUT2D eigenvalue weighted by molar-refractivity contribution is -0.122. The van der Waals surface area contributed by atoms with E-state index < -0.39 is 18.8 Å². The van der Waals surface area contributed by atoms with Crippen LogP contribution < -0.4 is 10.6 Å². The van der Waals surface area contributed by atoms with Crippen molar-refractivity contribution in [1.82, 2.24) is 10.3 Å². The summed E-state index contributed by atoms with van der Waals surface area (Å²) >= 11 is 3.13. The quantitative estimate of drug-likeness (QED) is 0.881. The van der Waals surface area contributed by atoms with Gasteiger partial charge in [-0.1, -0.05) is 0 Å². The second-order valence-corrected chi connectivity index (χ2v) is 3.70. The number of aromatic nitrogens is 1. The Bertz CT molecular complexity index is 366. The van der Waals surface area contributed by atoms with Gasteiger partial charge in [-0.05, 0) is 28.1 Å². The number of anilines is 1. The number of hydrogen-bond acceptors (Lipinski definition) is 2. The predicted octanol–water partition coefficient (Wildman–Crippen LogP) is 2.53. The first kappa shape index (κ1) is 12.8. The van der Waals surface area contributed by atoms with Gasteiger partial charge in [0.2, 0.25) is 0 Å². The van der Waals surface area contributed by atoms with Crippen LogP contribution in [0.3, 0.4) is 0 Å². The molecule has 0 aromatic carbocycles. The molecule has 0 spiro atoms. The van der Waals surface area contributed by atoms with Gasteiger partial charge in [0, 0.05) is 10.7 Å². The van der Waals surface area contributed by atoms with Crippen LogP contribution in [0.25, 0.3) is 0 Å². The van der Waals surface area contributed by atoms with Crippen molar-refractivity contribution in [3.63, 3.8) is 0 Å². The smallest absolute Gasteiger partial charge is 0.329 e. The summed E-state index contributed by atoms with van der Waals surface area (Å²) in [5, 5.41) is 3.82. The van der Waals surface area contributed by atoms with Crippen LogP contribution in [0.1, 0.15) is 0 Å². The van der Waals surface area contributed by atoms with Crippen molar-refractivity contribution in [2.24, 2.45) is 0 Å². The van der Waals surface area contributed by atoms with Gasteiger partial charge in [-0.25, -0.2) is 9.78 Å². The highest BCUT2D eigenvalue weighted by Gasteiger charge is 2.27. The lowest BCUT2D eigenvalue weighted by Gasteiger charge is -2.09. The number of rotatable bonds is 2. The van der Waals surface area contributed by atoms with E-state index in [0.29, 0.717) is 4.47 Å². The summed E-state index contributed by atoms with van der Waals surface area (Å²) in [6.45, 7) is -1.38. The standard InChI is InChI=1S/C8H7BrF3N3O/c9-5-1-2-6(13-3-5)15-7(16)14-4-8(10,11)12/h1-3H,4H2,(H2,13,14,15,16). The number of carbonyl (C=O) groups is 1. The van der Waals surface area contributed by atoms with Crippen molar-refractivity contribution in [3.8, 4) is 0 Å². The molecule has 0 fully saturated rings. The molecule has 88 valence electrons. The number of urea groups is 1. The zero-order valence-electron chi connectivity index (χ0n) is 7.81. The zero-order valence-corrected chi connectivity index (χ0v) is 9.39. The normalized spacial score (nSPS) is 11.0. The molecule has 0 atom stereocenters. The van der Waals surface area contributed by atoms with Crippen LogP contribution in [0.15, 0.2) is 22.8 Å². The van der Waals surface area contributed by atoms with Crippen molar-refractivity contribution in [2.75, 3.05) is 11.9 Å². The lowest BCUT2D eigenvalue weighted by atomic mass is 10.5. The fourth-order valence-corrected chi connectivity index (χ4v) is 1.03. The Balaban J connectivity index is 2.43. The topological polar surface area (TPSA) is 54.0 Å². The second kappa shape index (κ2) is 5.15. The highest BCUT2D eigenvalue weighted by atomic mass is 79.9. The molecular weight excluding hydrogens is 291 g/mol. The molecule has 1 rings (SSSR count). The van der Waals surface area contributed by atoms with E-state index in [1.807, 2.05) is 0 Å². The van der Waals surface area contributed by atoms with Crippen LogP contribution in [0, 0.1) is 0 Å². The van der Waals surface area contributed by atoms with E-state index in [1.165, 1.54) is 12.3 Å². The number of pyridine rings is 1. The minimum atomic E-state index is -4.43. The van der Waals surface area contributed by atoms with Gasteiger partial charge in [-0.3, -0.25) is 5.32 Å². The van der Waals surface area contributed by atoms with Crippen LogP contribution in [-0.2, 0) is 0 Å². The summed E-state index contributed by atoms with van der Waals surface area (Å²) in [6, 6.07) is 2.11. The van der Waals surface area contributed by atoms with E-state index in [9.17, 15) is 18.0 Å². The molecule has 16 heavy (non-hydrogen) atoms. The third-order valence-corrected chi connectivity index (χ3v) is 1.89. The average Bonchev–Trinajstić information content (AvgIpc) is 2.18. The van der Waals surface area contributed by atoms with Crippen molar-refractivity contribution < 1.29 is 18.0 Å². The van der Waals surface area contributed by atoms with E-state index in [4.69, 9.17) is 0 Å². The molecule has 1 heterocycles. The molecule has 4 nitrogen and oxygen atoms in total. The SMILES string of the molecule is O=C(NCC(F)(F)F)Nc1ccc(Br)cn1. The molecular formula is C8H7BrF3N3O. The molecule has 0 saturated heterocycles. The fourth-order valence-electron chi connectivity index (χ4n) is 0.791. The summed E-state index contributed by atoms with van der Waals surface area (Å²) in [6.07, 6.45) is -3.01. The van der Waals surface area contributed by atoms with Gasteiger partial charge in [0.1, 0.15) is 12.4 Å². The Morgan fingerprint density at radius 3 is 2.62 bits per heavy atom. The number of nitrogens with one attached hydrogen (secondary N) is 2. The number of carbonyl (C=O) groups excluding carboxylic acids is 1. The van der Waals surface area contributed by atoms with Gasteiger partial charge in [-0.2, -0.15) is 13.2 Å². The van der Waals surface area contributed by atoms with Crippen molar-refractivity contribution in [1.29, 1.82) is 0 Å². The van der Waals surface area contributed by atoms with Gasteiger partial charge >= 0.3 is 12.2 Å². The molecule has 0 aliphatic carbocycles. The third kappa shape index (κ3) is 4.96. The summed E-state index contributed by atoms with van der Waals surface area (Å²) in [4.78, 5) is 14.7. The van der Waals surface area contributed by atoms with Gasteiger partial charge in [-0.15, -0.1) is 0 Å². The molecule has 0 aliphatic rings. The first-order valence-corrected chi connectivity index (χ1v) is 4.89. The summed E-state index contributed by atoms with van der Waals surface area (Å²) in [5.74, 6) is 0.169. The molecule has 0 saturated carbocycles. The summed E-state index contributed by atoms with van der Waals surface area (Å²) in [7, 11) is 0. The maximum Gasteiger partial charge on any atom is 0.405 e. The number of alkyl halides is 3. The predicted molar refractivity (Wildman–Crippen MR) is 55.0 cm³/mol. The van der Waals surface area contributed by atoms with Crippen molar-refractivity contribution in [2.45, 2.75) is 6.18 Å². The van der Waals surface area contributed by atoms with Crippen LogP contribution >= 0.6 is 15.9 Å². The summed E-state index contributed by atoms with van der Waals surface area (Å²) in [5.41, 5.74) is 0. The Morgan fingerprint density at radius 2 is 2.12 bits per heavy atom. The lowest BCUT2D eigenvalue weighted by Crippen LogP contribution is -2.36. The van der Waals surface area contributed by atoms with E-state index in [1.54, 1.807) is 11.4 Å². The van der Waals surface area contributed by atoms with Gasteiger partial charge in [0.05, 0.1) is 0 Å². The van der Waals surface area contributed by atoms with Crippen LogP contribution in [0.2, 0.25) is 0 Å². The first-order chi connectivity index (χ1) is 7.37. The Hall–Kier alpha value is -1.31. The van der Waals surface area contributed by atoms with Crippen molar-refractivity contribution >= 4 is 27.8 Å². The molecule has 0 unspecified atom stereocenters. The fraction of sp³-hybridized carbons (Fsp3) is 0.250. The molecule has 0 aliphatic heterocycles. The number of hydrogen-bond donors (Lipinski definition) is 2. The maximum absolute atomic E-state index is 11.7. The van der Waals surface area contributed by atoms with Crippen LogP contribution in [-0.4, -0.2) is 23.7 Å². The Kier molecular flexibility index (Phi) is 4.11. The third-order valence-electron chi connectivity index (χ3n) is 1.42. The minimum absolute atomic E-state index is 0.169. The monoisotopic (exact) mass is 297 g/mol. The second-order valence-electron chi connectivity index (χ2n) is 2.78. The molecule has 8 heteroatoms. The Morgan fingerprint density at radius 1 is 1.44 bits per heavy atom. The van der Waals surface area contributed by atoms with Crippen molar-refractivity contribution in [3.05, 3.63) is 22.8 Å². The van der Waals surface area contributed by atoms with E-state index in [2.05, 4.69) is 26.2 Å². The van der Waals surface area contributed by atoms with Gasteiger partial charge < -0.3 is 5.32 Å². The number of nitrogens with zero attached hydrogens (tertiary/aromatic N) is 1. The van der Waals surface area contributed by atoms with Crippen LogP contribution in [0.4, 0.5) is 23.8 Å². The van der Waals surface area contributed by atoms with E-state index >= 15 is 0 Å². The molecule has 1 aromatic heterocycles. The van der Waals surface area contributed by atoms with Gasteiger partial charge in [0.25, 0.3) is 0 Å².